The number of sulfonamides is 1. The average molecular weight is 317 g/mol. The van der Waals surface area contributed by atoms with Crippen LogP contribution in [0, 0.1) is 0 Å². The molecule has 0 aliphatic heterocycles. The molecule has 0 spiro atoms. The summed E-state index contributed by atoms with van der Waals surface area (Å²) in [5.41, 5.74) is 0. The Kier molecular flexibility index (Phi) is 7.30. The highest BCUT2D eigenvalue weighted by Gasteiger charge is 2.22. The minimum Gasteiger partial charge on any atom is -0.315 e. The van der Waals surface area contributed by atoms with Gasteiger partial charge in [-0.05, 0) is 27.1 Å². The standard InChI is InChI=1S/C13H27N5O2S/c1-5-6-14-7-8-18-12-13(11-15-18)21(19,20)17(4)10-9-16(2)3/h11-12,14H,5-10H2,1-4H3. The molecule has 0 aromatic carbocycles. The van der Waals surface area contributed by atoms with Gasteiger partial charge >= 0.3 is 0 Å². The van der Waals surface area contributed by atoms with Crippen molar-refractivity contribution in [3.63, 3.8) is 0 Å². The molecule has 0 aliphatic rings. The van der Waals surface area contributed by atoms with E-state index in [2.05, 4.69) is 17.3 Å². The molecule has 1 aromatic heterocycles. The van der Waals surface area contributed by atoms with Crippen LogP contribution >= 0.6 is 0 Å². The molecule has 7 nitrogen and oxygen atoms in total. The Bertz CT molecular complexity index is 512. The van der Waals surface area contributed by atoms with E-state index >= 15 is 0 Å². The first kappa shape index (κ1) is 18.1. The molecule has 0 saturated heterocycles. The summed E-state index contributed by atoms with van der Waals surface area (Å²) in [5.74, 6) is 0. The largest absolute Gasteiger partial charge is 0.315 e. The maximum Gasteiger partial charge on any atom is 0.245 e. The molecular formula is C13H27N5O2S. The molecule has 1 heterocycles. The smallest absolute Gasteiger partial charge is 0.245 e. The predicted molar refractivity (Wildman–Crippen MR) is 83.8 cm³/mol. The van der Waals surface area contributed by atoms with Crippen molar-refractivity contribution in [2.24, 2.45) is 0 Å². The van der Waals surface area contributed by atoms with Crippen molar-refractivity contribution < 1.29 is 8.42 Å². The minimum atomic E-state index is -3.45. The van der Waals surface area contributed by atoms with Crippen molar-refractivity contribution in [3.8, 4) is 0 Å². The number of hydrogen-bond donors (Lipinski definition) is 1. The summed E-state index contributed by atoms with van der Waals surface area (Å²) in [6, 6.07) is 0. The van der Waals surface area contributed by atoms with Crippen molar-refractivity contribution in [1.82, 2.24) is 24.3 Å². The van der Waals surface area contributed by atoms with E-state index < -0.39 is 10.0 Å². The Hall–Kier alpha value is -0.960. The van der Waals surface area contributed by atoms with E-state index in [1.54, 1.807) is 17.9 Å². The predicted octanol–water partition coefficient (Wildman–Crippen LogP) is 0.0648. The Morgan fingerprint density at radius 1 is 1.24 bits per heavy atom. The molecular weight excluding hydrogens is 290 g/mol. The van der Waals surface area contributed by atoms with E-state index in [0.29, 0.717) is 19.6 Å². The fraction of sp³-hybridized carbons (Fsp3) is 0.769. The van der Waals surface area contributed by atoms with E-state index in [-0.39, 0.29) is 4.90 Å². The van der Waals surface area contributed by atoms with Gasteiger partial charge in [-0.25, -0.2) is 8.42 Å². The zero-order chi connectivity index (χ0) is 15.9. The highest BCUT2D eigenvalue weighted by molar-refractivity contribution is 7.89. The Morgan fingerprint density at radius 3 is 2.57 bits per heavy atom. The summed E-state index contributed by atoms with van der Waals surface area (Å²) < 4.78 is 27.8. The van der Waals surface area contributed by atoms with Crippen molar-refractivity contribution in [1.29, 1.82) is 0 Å². The third kappa shape index (κ3) is 5.74. The monoisotopic (exact) mass is 317 g/mol. The summed E-state index contributed by atoms with van der Waals surface area (Å²) in [7, 11) is 1.99. The zero-order valence-electron chi connectivity index (χ0n) is 13.4. The topological polar surface area (TPSA) is 70.5 Å². The van der Waals surface area contributed by atoms with Gasteiger partial charge in [0, 0.05) is 32.9 Å². The fourth-order valence-electron chi connectivity index (χ4n) is 1.74. The Labute approximate surface area is 128 Å². The molecule has 0 saturated carbocycles. The molecule has 0 atom stereocenters. The molecule has 0 fully saturated rings. The molecule has 0 aliphatic carbocycles. The van der Waals surface area contributed by atoms with Gasteiger partial charge in [0.1, 0.15) is 4.90 Å². The molecule has 0 radical (unpaired) electrons. The van der Waals surface area contributed by atoms with E-state index in [9.17, 15) is 8.42 Å². The minimum absolute atomic E-state index is 0.249. The van der Waals surface area contributed by atoms with Crippen LogP contribution in [0.3, 0.4) is 0 Å². The van der Waals surface area contributed by atoms with Crippen LogP contribution in [0.1, 0.15) is 13.3 Å². The number of aromatic nitrogens is 2. The molecule has 1 N–H and O–H groups in total. The second-order valence-electron chi connectivity index (χ2n) is 5.32. The molecule has 122 valence electrons. The Morgan fingerprint density at radius 2 is 1.95 bits per heavy atom. The van der Waals surface area contributed by atoms with Gasteiger partial charge in [0.15, 0.2) is 0 Å². The average Bonchev–Trinajstić information content (AvgIpc) is 2.90. The van der Waals surface area contributed by atoms with E-state index in [4.69, 9.17) is 0 Å². The van der Waals surface area contributed by atoms with Gasteiger partial charge in [0.2, 0.25) is 10.0 Å². The van der Waals surface area contributed by atoms with Gasteiger partial charge < -0.3 is 10.2 Å². The lowest BCUT2D eigenvalue weighted by Crippen LogP contribution is -2.33. The molecule has 0 amide bonds. The maximum atomic E-state index is 12.4. The summed E-state index contributed by atoms with van der Waals surface area (Å²) in [6.45, 7) is 5.65. The van der Waals surface area contributed by atoms with Gasteiger partial charge in [-0.15, -0.1) is 0 Å². The van der Waals surface area contributed by atoms with Gasteiger partial charge in [-0.2, -0.15) is 9.40 Å². The summed E-state index contributed by atoms with van der Waals surface area (Å²) >= 11 is 0. The normalized spacial score (nSPS) is 12.5. The fourth-order valence-corrected chi connectivity index (χ4v) is 2.85. The Balaban J connectivity index is 2.61. The first-order chi connectivity index (χ1) is 9.87. The lowest BCUT2D eigenvalue weighted by molar-refractivity contribution is 0.358. The second-order valence-corrected chi connectivity index (χ2v) is 7.36. The van der Waals surface area contributed by atoms with Gasteiger partial charge in [-0.1, -0.05) is 6.92 Å². The highest BCUT2D eigenvalue weighted by Crippen LogP contribution is 2.12. The van der Waals surface area contributed by atoms with Gasteiger partial charge in [-0.3, -0.25) is 4.68 Å². The highest BCUT2D eigenvalue weighted by atomic mass is 32.2. The van der Waals surface area contributed by atoms with E-state index in [1.807, 2.05) is 19.0 Å². The van der Waals surface area contributed by atoms with Crippen molar-refractivity contribution in [3.05, 3.63) is 12.4 Å². The third-order valence-corrected chi connectivity index (χ3v) is 4.93. The molecule has 21 heavy (non-hydrogen) atoms. The molecule has 0 unspecified atom stereocenters. The third-order valence-electron chi connectivity index (χ3n) is 3.12. The van der Waals surface area contributed by atoms with Crippen LogP contribution in [0.25, 0.3) is 0 Å². The number of likely N-dealkylation sites (N-methyl/N-ethyl adjacent to an activating group) is 2. The van der Waals surface area contributed by atoms with Gasteiger partial charge in [0.25, 0.3) is 0 Å². The first-order valence-corrected chi connectivity index (χ1v) is 8.66. The second kappa shape index (κ2) is 8.47. The lowest BCUT2D eigenvalue weighted by atomic mass is 10.5. The quantitative estimate of drug-likeness (QED) is 0.618. The lowest BCUT2D eigenvalue weighted by Gasteiger charge is -2.18. The summed E-state index contributed by atoms with van der Waals surface area (Å²) in [5, 5.41) is 7.38. The maximum absolute atomic E-state index is 12.4. The first-order valence-electron chi connectivity index (χ1n) is 7.22. The van der Waals surface area contributed by atoms with Crippen LogP contribution in [0.4, 0.5) is 0 Å². The SMILES string of the molecule is CCCNCCn1cc(S(=O)(=O)N(C)CCN(C)C)cn1. The molecule has 1 aromatic rings. The van der Waals surface area contributed by atoms with Crippen LogP contribution in [0.2, 0.25) is 0 Å². The number of rotatable bonds is 10. The van der Waals surface area contributed by atoms with Crippen LogP contribution < -0.4 is 5.32 Å². The van der Waals surface area contributed by atoms with Crippen molar-refractivity contribution in [2.75, 3.05) is 47.3 Å². The van der Waals surface area contributed by atoms with Crippen LogP contribution in [-0.2, 0) is 16.6 Å². The molecule has 0 bridgehead atoms. The summed E-state index contributed by atoms with van der Waals surface area (Å²) in [4.78, 5) is 2.20. The van der Waals surface area contributed by atoms with Gasteiger partial charge in [0.05, 0.1) is 12.7 Å². The number of hydrogen-bond acceptors (Lipinski definition) is 5. The zero-order valence-corrected chi connectivity index (χ0v) is 14.2. The number of nitrogens with zero attached hydrogens (tertiary/aromatic N) is 4. The van der Waals surface area contributed by atoms with E-state index in [1.165, 1.54) is 10.5 Å². The van der Waals surface area contributed by atoms with Crippen LogP contribution in [-0.4, -0.2) is 74.7 Å². The number of nitrogens with one attached hydrogen (secondary N) is 1. The molecule has 8 heteroatoms. The van der Waals surface area contributed by atoms with Crippen LogP contribution in [0.5, 0.6) is 0 Å². The molecule has 1 rings (SSSR count). The van der Waals surface area contributed by atoms with Crippen LogP contribution in [0.15, 0.2) is 17.3 Å². The van der Waals surface area contributed by atoms with E-state index in [0.717, 1.165) is 19.5 Å². The summed E-state index contributed by atoms with van der Waals surface area (Å²) in [6.07, 6.45) is 4.09. The van der Waals surface area contributed by atoms with Crippen molar-refractivity contribution in [2.45, 2.75) is 24.8 Å². The van der Waals surface area contributed by atoms with Crippen molar-refractivity contribution >= 4 is 10.0 Å².